The lowest BCUT2D eigenvalue weighted by Gasteiger charge is -2.25. The molecular weight excluding hydrogens is 408 g/mol. The van der Waals surface area contributed by atoms with E-state index < -0.39 is 0 Å². The van der Waals surface area contributed by atoms with Gasteiger partial charge in [0, 0.05) is 31.5 Å². The van der Waals surface area contributed by atoms with Crippen LogP contribution in [0.25, 0.3) is 22.6 Å². The SMILES string of the molecule is COc1cc(C(=O)N(C)[C@@H]2CC[C@H](c3nnc(C)o3)C2)ccc1-c1nc2ccccc2o1. The fourth-order valence-corrected chi connectivity index (χ4v) is 4.37. The van der Waals surface area contributed by atoms with Crippen molar-refractivity contribution < 1.29 is 18.4 Å². The topological polar surface area (TPSA) is 94.5 Å². The molecule has 0 N–H and O–H groups in total. The molecule has 1 saturated carbocycles. The molecule has 4 aromatic rings. The highest BCUT2D eigenvalue weighted by Crippen LogP contribution is 2.37. The number of hydrogen-bond acceptors (Lipinski definition) is 7. The van der Waals surface area contributed by atoms with Crippen molar-refractivity contribution >= 4 is 17.0 Å². The van der Waals surface area contributed by atoms with Gasteiger partial charge >= 0.3 is 0 Å². The van der Waals surface area contributed by atoms with Crippen LogP contribution in [0.3, 0.4) is 0 Å². The molecule has 164 valence electrons. The molecule has 0 spiro atoms. The summed E-state index contributed by atoms with van der Waals surface area (Å²) in [7, 11) is 3.42. The van der Waals surface area contributed by atoms with Gasteiger partial charge < -0.3 is 18.5 Å². The van der Waals surface area contributed by atoms with Crippen LogP contribution in [0.4, 0.5) is 0 Å². The van der Waals surface area contributed by atoms with Crippen molar-refractivity contribution in [1.82, 2.24) is 20.1 Å². The summed E-state index contributed by atoms with van der Waals surface area (Å²) in [4.78, 5) is 19.6. The maximum absolute atomic E-state index is 13.2. The zero-order chi connectivity index (χ0) is 22.2. The van der Waals surface area contributed by atoms with Gasteiger partial charge in [0.05, 0.1) is 12.7 Å². The van der Waals surface area contributed by atoms with E-state index in [2.05, 4.69) is 15.2 Å². The van der Waals surface area contributed by atoms with E-state index in [4.69, 9.17) is 13.6 Å². The number of rotatable bonds is 5. The number of fused-ring (bicyclic) bond motifs is 1. The smallest absolute Gasteiger partial charge is 0.253 e. The summed E-state index contributed by atoms with van der Waals surface area (Å²) in [5, 5.41) is 8.08. The predicted octanol–water partition coefficient (Wildman–Crippen LogP) is 4.60. The second-order valence-corrected chi connectivity index (χ2v) is 8.14. The Bertz CT molecular complexity index is 1240. The number of carbonyl (C=O) groups excluding carboxylic acids is 1. The fourth-order valence-electron chi connectivity index (χ4n) is 4.37. The van der Waals surface area contributed by atoms with E-state index in [9.17, 15) is 4.79 Å². The number of amides is 1. The Hall–Kier alpha value is -3.68. The van der Waals surface area contributed by atoms with E-state index in [0.29, 0.717) is 40.1 Å². The molecule has 2 heterocycles. The van der Waals surface area contributed by atoms with Crippen LogP contribution >= 0.6 is 0 Å². The Balaban J connectivity index is 1.35. The summed E-state index contributed by atoms with van der Waals surface area (Å²) in [6, 6.07) is 13.1. The van der Waals surface area contributed by atoms with E-state index in [1.165, 1.54) is 0 Å². The normalized spacial score (nSPS) is 18.2. The molecule has 32 heavy (non-hydrogen) atoms. The molecule has 1 amide bonds. The van der Waals surface area contributed by atoms with Crippen LogP contribution in [0.15, 0.2) is 51.3 Å². The first-order valence-electron chi connectivity index (χ1n) is 10.6. The number of para-hydroxylation sites is 2. The van der Waals surface area contributed by atoms with Crippen molar-refractivity contribution in [3.63, 3.8) is 0 Å². The van der Waals surface area contributed by atoms with Crippen molar-refractivity contribution in [1.29, 1.82) is 0 Å². The molecule has 1 aliphatic rings. The minimum absolute atomic E-state index is 0.0558. The van der Waals surface area contributed by atoms with Crippen molar-refractivity contribution in [2.24, 2.45) is 0 Å². The van der Waals surface area contributed by atoms with E-state index in [-0.39, 0.29) is 17.9 Å². The molecule has 0 bridgehead atoms. The number of aryl methyl sites for hydroxylation is 1. The second kappa shape index (κ2) is 8.11. The predicted molar refractivity (Wildman–Crippen MR) is 118 cm³/mol. The molecule has 2 aromatic heterocycles. The minimum atomic E-state index is -0.0558. The van der Waals surface area contributed by atoms with E-state index in [1.54, 1.807) is 31.1 Å². The Labute approximate surface area is 185 Å². The summed E-state index contributed by atoms with van der Waals surface area (Å²) in [6.45, 7) is 1.79. The summed E-state index contributed by atoms with van der Waals surface area (Å²) in [5.41, 5.74) is 2.74. The van der Waals surface area contributed by atoms with Gasteiger partial charge in [-0.25, -0.2) is 4.98 Å². The average molecular weight is 432 g/mol. The third-order valence-corrected chi connectivity index (χ3v) is 6.14. The van der Waals surface area contributed by atoms with Gasteiger partial charge in [-0.3, -0.25) is 4.79 Å². The maximum atomic E-state index is 13.2. The highest BCUT2D eigenvalue weighted by atomic mass is 16.5. The summed E-state index contributed by atoms with van der Waals surface area (Å²) in [6.07, 6.45) is 2.62. The molecule has 2 atom stereocenters. The van der Waals surface area contributed by atoms with Crippen molar-refractivity contribution in [3.05, 3.63) is 59.8 Å². The quantitative estimate of drug-likeness (QED) is 0.455. The molecule has 5 rings (SSSR count). The fraction of sp³-hybridized carbons (Fsp3) is 0.333. The molecule has 0 aliphatic heterocycles. The Kier molecular flexibility index (Phi) is 5.13. The largest absolute Gasteiger partial charge is 0.496 e. The van der Waals surface area contributed by atoms with Crippen LogP contribution in [0.1, 0.15) is 47.3 Å². The number of nitrogens with zero attached hydrogens (tertiary/aromatic N) is 4. The van der Waals surface area contributed by atoms with Gasteiger partial charge in [0.1, 0.15) is 11.3 Å². The standard InChI is InChI=1S/C24H24N4O4/c1-14-26-27-22(31-14)15-8-10-17(12-15)28(2)24(29)16-9-11-18(21(13-16)30-3)23-25-19-6-4-5-7-20(19)32-23/h4-7,9,11,13,15,17H,8,10,12H2,1-3H3/t15-,17+/m0/s1. The zero-order valence-electron chi connectivity index (χ0n) is 18.2. The van der Waals surface area contributed by atoms with E-state index >= 15 is 0 Å². The number of benzene rings is 2. The summed E-state index contributed by atoms with van der Waals surface area (Å²) < 4.78 is 17.0. The van der Waals surface area contributed by atoms with Gasteiger partial charge in [0.2, 0.25) is 17.7 Å². The van der Waals surface area contributed by atoms with Crippen LogP contribution in [0.5, 0.6) is 5.75 Å². The third-order valence-electron chi connectivity index (χ3n) is 6.14. The van der Waals surface area contributed by atoms with Gasteiger partial charge in [-0.15, -0.1) is 10.2 Å². The zero-order valence-corrected chi connectivity index (χ0v) is 18.2. The lowest BCUT2D eigenvalue weighted by atomic mass is 10.1. The molecule has 8 heteroatoms. The van der Waals surface area contributed by atoms with E-state index in [0.717, 1.165) is 24.8 Å². The number of aromatic nitrogens is 3. The Morgan fingerprint density at radius 2 is 1.97 bits per heavy atom. The van der Waals surface area contributed by atoms with Crippen LogP contribution in [-0.2, 0) is 0 Å². The first-order chi connectivity index (χ1) is 15.5. The average Bonchev–Trinajstić information content (AvgIpc) is 3.56. The molecule has 0 unspecified atom stereocenters. The summed E-state index contributed by atoms with van der Waals surface area (Å²) >= 11 is 0. The number of ether oxygens (including phenoxy) is 1. The number of methoxy groups -OCH3 is 1. The van der Waals surface area contributed by atoms with E-state index in [1.807, 2.05) is 37.4 Å². The molecule has 8 nitrogen and oxygen atoms in total. The van der Waals surface area contributed by atoms with Crippen LogP contribution < -0.4 is 4.74 Å². The molecule has 2 aromatic carbocycles. The van der Waals surface area contributed by atoms with Crippen LogP contribution in [0, 0.1) is 6.92 Å². The van der Waals surface area contributed by atoms with Gasteiger partial charge in [-0.2, -0.15) is 0 Å². The van der Waals surface area contributed by atoms with Gasteiger partial charge in [-0.05, 0) is 49.6 Å². The molecule has 1 fully saturated rings. The van der Waals surface area contributed by atoms with Crippen molar-refractivity contribution in [2.75, 3.05) is 14.2 Å². The lowest BCUT2D eigenvalue weighted by molar-refractivity contribution is 0.0733. The highest BCUT2D eigenvalue weighted by molar-refractivity contribution is 5.95. The second-order valence-electron chi connectivity index (χ2n) is 8.14. The number of oxazole rings is 1. The third kappa shape index (κ3) is 3.62. The first-order valence-corrected chi connectivity index (χ1v) is 10.6. The lowest BCUT2D eigenvalue weighted by Crippen LogP contribution is -2.35. The molecule has 1 aliphatic carbocycles. The van der Waals surface area contributed by atoms with Crippen LogP contribution in [0.2, 0.25) is 0 Å². The molecule has 0 saturated heterocycles. The maximum Gasteiger partial charge on any atom is 0.253 e. The monoisotopic (exact) mass is 432 g/mol. The number of carbonyl (C=O) groups is 1. The van der Waals surface area contributed by atoms with Crippen molar-refractivity contribution in [3.8, 4) is 17.2 Å². The highest BCUT2D eigenvalue weighted by Gasteiger charge is 2.34. The van der Waals surface area contributed by atoms with Crippen molar-refractivity contribution in [2.45, 2.75) is 38.1 Å². The van der Waals surface area contributed by atoms with Gasteiger partial charge in [-0.1, -0.05) is 12.1 Å². The number of hydrogen-bond donors (Lipinski definition) is 0. The van der Waals surface area contributed by atoms with Gasteiger partial charge in [0.25, 0.3) is 5.91 Å². The van der Waals surface area contributed by atoms with Crippen LogP contribution in [-0.4, -0.2) is 46.2 Å². The Morgan fingerprint density at radius 1 is 1.12 bits per heavy atom. The summed E-state index contributed by atoms with van der Waals surface area (Å²) in [5.74, 6) is 2.37. The molecule has 0 radical (unpaired) electrons. The minimum Gasteiger partial charge on any atom is -0.496 e. The molecular formula is C24H24N4O4. The first kappa shape index (κ1) is 20.2. The van der Waals surface area contributed by atoms with Gasteiger partial charge in [0.15, 0.2) is 5.58 Å². The Morgan fingerprint density at radius 3 is 2.72 bits per heavy atom.